The van der Waals surface area contributed by atoms with Crippen molar-refractivity contribution in [1.29, 1.82) is 0 Å². The van der Waals surface area contributed by atoms with E-state index < -0.39 is 0 Å². The lowest BCUT2D eigenvalue weighted by molar-refractivity contribution is 0.889. The van der Waals surface area contributed by atoms with E-state index in [2.05, 4.69) is 132 Å². The highest BCUT2D eigenvalue weighted by Gasteiger charge is 2.28. The minimum absolute atomic E-state index is 1.04. The Bertz CT molecular complexity index is 2430. The van der Waals surface area contributed by atoms with Gasteiger partial charge in [-0.2, -0.15) is 0 Å². The summed E-state index contributed by atoms with van der Waals surface area (Å²) in [7, 11) is 0. The summed E-state index contributed by atoms with van der Waals surface area (Å²) in [4.78, 5) is 0. The Hall–Kier alpha value is -5.14. The average Bonchev–Trinajstić information content (AvgIpc) is 3.55. The fraction of sp³-hybridized carbons (Fsp3) is 0.0500. The maximum absolute atomic E-state index is 2.56. The average molecular weight is 520 g/mol. The molecule has 0 saturated carbocycles. The summed E-state index contributed by atoms with van der Waals surface area (Å²) in [5.41, 5.74) is 10.8. The molecule has 8 aromatic rings. The van der Waals surface area contributed by atoms with Gasteiger partial charge in [-0.05, 0) is 90.8 Å². The molecule has 0 bridgehead atoms. The molecule has 0 N–H and O–H groups in total. The zero-order valence-electron chi connectivity index (χ0n) is 22.5. The molecule has 1 heterocycles. The summed E-state index contributed by atoms with van der Waals surface area (Å²) in [6.45, 7) is 0. The first-order chi connectivity index (χ1) is 20.4. The topological polar surface area (TPSA) is 4.93 Å². The van der Waals surface area contributed by atoms with Gasteiger partial charge in [0.1, 0.15) is 0 Å². The molecule has 0 saturated heterocycles. The Balaban J connectivity index is 1.33. The van der Waals surface area contributed by atoms with Crippen LogP contribution in [0.15, 0.2) is 121 Å². The number of hydrogen-bond donors (Lipinski definition) is 0. The van der Waals surface area contributed by atoms with Gasteiger partial charge in [0, 0.05) is 27.9 Å². The van der Waals surface area contributed by atoms with Gasteiger partial charge in [0.15, 0.2) is 0 Å². The zero-order chi connectivity index (χ0) is 26.7. The Morgan fingerprint density at radius 2 is 1.20 bits per heavy atom. The van der Waals surface area contributed by atoms with Crippen LogP contribution in [-0.4, -0.2) is 4.57 Å². The largest absolute Gasteiger partial charge is 0.313 e. The highest BCUT2D eigenvalue weighted by Crippen LogP contribution is 2.52. The molecule has 7 aromatic carbocycles. The molecule has 10 rings (SSSR count). The van der Waals surface area contributed by atoms with E-state index in [0.29, 0.717) is 0 Å². The quantitative estimate of drug-likeness (QED) is 0.190. The molecule has 0 fully saturated rings. The number of fused-ring (bicyclic) bond motifs is 13. The molecule has 1 heteroatoms. The summed E-state index contributed by atoms with van der Waals surface area (Å²) in [5, 5.41) is 12.0. The van der Waals surface area contributed by atoms with Crippen LogP contribution in [0.1, 0.15) is 17.7 Å². The van der Waals surface area contributed by atoms with E-state index in [9.17, 15) is 0 Å². The van der Waals surface area contributed by atoms with Crippen molar-refractivity contribution in [2.24, 2.45) is 0 Å². The molecule has 0 radical (unpaired) electrons. The summed E-state index contributed by atoms with van der Waals surface area (Å²) in [6, 6.07) is 43.1. The summed E-state index contributed by atoms with van der Waals surface area (Å²) in [5.74, 6) is 0. The molecule has 1 aromatic heterocycles. The predicted molar refractivity (Wildman–Crippen MR) is 175 cm³/mol. The first-order valence-corrected chi connectivity index (χ1v) is 14.6. The van der Waals surface area contributed by atoms with E-state index in [1.807, 2.05) is 0 Å². The molecule has 190 valence electrons. The van der Waals surface area contributed by atoms with Gasteiger partial charge in [-0.3, -0.25) is 0 Å². The lowest BCUT2D eigenvalue weighted by Gasteiger charge is -2.16. The SMILES string of the molecule is C1=Cc2c(n(-c3ccc4c5ccccc5c5ccccc5c4c3)c3ccc4c(c23)-c2cccc3cccc-4c23)CC1. The lowest BCUT2D eigenvalue weighted by Crippen LogP contribution is -2.03. The van der Waals surface area contributed by atoms with E-state index in [-0.39, 0.29) is 0 Å². The summed E-state index contributed by atoms with van der Waals surface area (Å²) >= 11 is 0. The van der Waals surface area contributed by atoms with Crippen LogP contribution in [0, 0.1) is 0 Å². The van der Waals surface area contributed by atoms with Gasteiger partial charge in [-0.25, -0.2) is 0 Å². The Kier molecular flexibility index (Phi) is 4.09. The third-order valence-electron chi connectivity index (χ3n) is 9.56. The first kappa shape index (κ1) is 21.7. The maximum atomic E-state index is 2.56. The first-order valence-electron chi connectivity index (χ1n) is 14.6. The molecule has 0 unspecified atom stereocenters. The summed E-state index contributed by atoms with van der Waals surface area (Å²) in [6.07, 6.45) is 6.85. The van der Waals surface area contributed by atoms with Crippen molar-refractivity contribution in [3.8, 4) is 27.9 Å². The Labute approximate surface area is 237 Å². The number of rotatable bonds is 1. The van der Waals surface area contributed by atoms with Gasteiger partial charge in [-0.15, -0.1) is 0 Å². The second-order valence-electron chi connectivity index (χ2n) is 11.5. The minimum Gasteiger partial charge on any atom is -0.313 e. The van der Waals surface area contributed by atoms with Crippen LogP contribution in [0.25, 0.3) is 88.0 Å². The molecule has 0 spiro atoms. The lowest BCUT2D eigenvalue weighted by atomic mass is 9.94. The van der Waals surface area contributed by atoms with Gasteiger partial charge < -0.3 is 4.57 Å². The van der Waals surface area contributed by atoms with Crippen LogP contribution >= 0.6 is 0 Å². The van der Waals surface area contributed by atoms with E-state index >= 15 is 0 Å². The molecule has 0 amide bonds. The molecule has 1 nitrogen and oxygen atoms in total. The monoisotopic (exact) mass is 519 g/mol. The normalized spacial score (nSPS) is 13.6. The van der Waals surface area contributed by atoms with Crippen molar-refractivity contribution in [2.75, 3.05) is 0 Å². The van der Waals surface area contributed by atoms with Gasteiger partial charge >= 0.3 is 0 Å². The van der Waals surface area contributed by atoms with Crippen molar-refractivity contribution < 1.29 is 0 Å². The number of allylic oxidation sites excluding steroid dienone is 1. The molecule has 41 heavy (non-hydrogen) atoms. The van der Waals surface area contributed by atoms with Gasteiger partial charge in [0.05, 0.1) is 5.52 Å². The van der Waals surface area contributed by atoms with E-state index in [0.717, 1.165) is 12.8 Å². The molecule has 2 aliphatic rings. The van der Waals surface area contributed by atoms with Crippen LogP contribution in [0.5, 0.6) is 0 Å². The molecular formula is C40H25N. The highest BCUT2D eigenvalue weighted by molar-refractivity contribution is 6.26. The number of aromatic nitrogens is 1. The molecule has 2 aliphatic carbocycles. The predicted octanol–water partition coefficient (Wildman–Crippen LogP) is 10.9. The van der Waals surface area contributed by atoms with Crippen molar-refractivity contribution in [1.82, 2.24) is 4.57 Å². The molecule has 0 atom stereocenters. The van der Waals surface area contributed by atoms with E-state index in [1.54, 1.807) is 0 Å². The maximum Gasteiger partial charge on any atom is 0.0544 e. The Morgan fingerprint density at radius 1 is 0.512 bits per heavy atom. The van der Waals surface area contributed by atoms with Crippen LogP contribution in [0.2, 0.25) is 0 Å². The number of benzene rings is 7. The second-order valence-corrected chi connectivity index (χ2v) is 11.5. The standard InChI is InChI=1S/C40H25N/c1-2-13-28-26(11-1)27-12-3-4-14-29(27)35-23-25(19-20-30(28)35)41-36-18-6-5-15-33(36)40-37(41)22-21-32-31-16-7-9-24-10-8-17-34(38(24)31)39(32)40/h1-5,7-17,19-23H,6,18H2. The third kappa shape index (κ3) is 2.71. The third-order valence-corrected chi connectivity index (χ3v) is 9.56. The van der Waals surface area contributed by atoms with Crippen molar-refractivity contribution in [3.63, 3.8) is 0 Å². The fourth-order valence-corrected chi connectivity index (χ4v) is 7.92. The minimum atomic E-state index is 1.04. The number of hydrogen-bond acceptors (Lipinski definition) is 0. The number of nitrogens with zero attached hydrogens (tertiary/aromatic N) is 1. The van der Waals surface area contributed by atoms with Gasteiger partial charge in [-0.1, -0.05) is 109 Å². The van der Waals surface area contributed by atoms with Crippen molar-refractivity contribution in [2.45, 2.75) is 12.8 Å². The van der Waals surface area contributed by atoms with Crippen molar-refractivity contribution in [3.05, 3.63) is 133 Å². The van der Waals surface area contributed by atoms with Crippen LogP contribution in [-0.2, 0) is 6.42 Å². The molecule has 0 aliphatic heterocycles. The zero-order valence-corrected chi connectivity index (χ0v) is 22.5. The van der Waals surface area contributed by atoms with E-state index in [1.165, 1.54) is 93.2 Å². The van der Waals surface area contributed by atoms with Crippen molar-refractivity contribution >= 4 is 60.1 Å². The summed E-state index contributed by atoms with van der Waals surface area (Å²) < 4.78 is 2.56. The van der Waals surface area contributed by atoms with Crippen LogP contribution < -0.4 is 0 Å². The van der Waals surface area contributed by atoms with Gasteiger partial charge in [0.2, 0.25) is 0 Å². The smallest absolute Gasteiger partial charge is 0.0544 e. The highest BCUT2D eigenvalue weighted by atomic mass is 15.0. The van der Waals surface area contributed by atoms with E-state index in [4.69, 9.17) is 0 Å². The molecular weight excluding hydrogens is 494 g/mol. The second kappa shape index (κ2) is 7.74. The fourth-order valence-electron chi connectivity index (χ4n) is 7.92. The van der Waals surface area contributed by atoms with Gasteiger partial charge in [0.25, 0.3) is 0 Å². The van der Waals surface area contributed by atoms with Crippen LogP contribution in [0.4, 0.5) is 0 Å². The Morgan fingerprint density at radius 3 is 1.95 bits per heavy atom. The van der Waals surface area contributed by atoms with Crippen LogP contribution in [0.3, 0.4) is 0 Å².